The Morgan fingerprint density at radius 3 is 2.75 bits per heavy atom. The molecule has 1 aliphatic heterocycles. The first-order valence-corrected chi connectivity index (χ1v) is 7.80. The lowest BCUT2D eigenvalue weighted by Gasteiger charge is -2.35. The van der Waals surface area contributed by atoms with Crippen molar-refractivity contribution < 1.29 is 0 Å². The van der Waals surface area contributed by atoms with Crippen molar-refractivity contribution >= 4 is 12.4 Å². The number of hydrogen-bond donors (Lipinski definition) is 1. The summed E-state index contributed by atoms with van der Waals surface area (Å²) < 4.78 is 0. The van der Waals surface area contributed by atoms with Crippen molar-refractivity contribution in [2.75, 3.05) is 26.7 Å². The maximum Gasteiger partial charge on any atom is 0.0136 e. The number of fused-ring (bicyclic) bond motifs is 1. The van der Waals surface area contributed by atoms with Gasteiger partial charge in [-0.2, -0.15) is 0 Å². The standard InChI is InChI=1S/C17H26N2.ClH/c1-19(13-14-5-4-10-18-12-14)17-9-8-15-6-2-3-7-16(15)11-17;/h2-3,6-7,14,17-18H,4-5,8-13H2,1H3;1H. The molecule has 2 aliphatic rings. The maximum atomic E-state index is 3.53. The van der Waals surface area contributed by atoms with Crippen LogP contribution in [0.5, 0.6) is 0 Å². The minimum atomic E-state index is 0. The Labute approximate surface area is 129 Å². The first-order valence-electron chi connectivity index (χ1n) is 7.80. The van der Waals surface area contributed by atoms with Crippen molar-refractivity contribution in [1.82, 2.24) is 10.2 Å². The predicted molar refractivity (Wildman–Crippen MR) is 87.7 cm³/mol. The highest BCUT2D eigenvalue weighted by atomic mass is 35.5. The van der Waals surface area contributed by atoms with Crippen LogP contribution in [0, 0.1) is 5.92 Å². The molecule has 0 saturated carbocycles. The number of rotatable bonds is 3. The molecule has 0 amide bonds. The highest BCUT2D eigenvalue weighted by molar-refractivity contribution is 5.85. The fraction of sp³-hybridized carbons (Fsp3) is 0.647. The molecule has 20 heavy (non-hydrogen) atoms. The monoisotopic (exact) mass is 294 g/mol. The van der Waals surface area contributed by atoms with Gasteiger partial charge in [0.1, 0.15) is 0 Å². The summed E-state index contributed by atoms with van der Waals surface area (Å²) >= 11 is 0. The summed E-state index contributed by atoms with van der Waals surface area (Å²) in [7, 11) is 2.33. The summed E-state index contributed by atoms with van der Waals surface area (Å²) in [5.74, 6) is 0.857. The van der Waals surface area contributed by atoms with E-state index in [1.165, 1.54) is 51.7 Å². The zero-order chi connectivity index (χ0) is 13.1. The molecule has 2 nitrogen and oxygen atoms in total. The van der Waals surface area contributed by atoms with E-state index in [9.17, 15) is 0 Å². The van der Waals surface area contributed by atoms with Crippen molar-refractivity contribution in [1.29, 1.82) is 0 Å². The third-order valence-corrected chi connectivity index (χ3v) is 4.89. The van der Waals surface area contributed by atoms with Crippen LogP contribution in [-0.2, 0) is 12.8 Å². The van der Waals surface area contributed by atoms with Crippen LogP contribution in [0.15, 0.2) is 24.3 Å². The third-order valence-electron chi connectivity index (χ3n) is 4.89. The molecule has 2 unspecified atom stereocenters. The van der Waals surface area contributed by atoms with E-state index in [-0.39, 0.29) is 12.4 Å². The lowest BCUT2D eigenvalue weighted by Crippen LogP contribution is -2.43. The zero-order valence-corrected chi connectivity index (χ0v) is 13.3. The normalized spacial score (nSPS) is 25.9. The van der Waals surface area contributed by atoms with E-state index in [0.717, 1.165) is 12.0 Å². The largest absolute Gasteiger partial charge is 0.316 e. The molecule has 1 aromatic rings. The minimum absolute atomic E-state index is 0. The van der Waals surface area contributed by atoms with Gasteiger partial charge < -0.3 is 10.2 Å². The molecular weight excluding hydrogens is 268 g/mol. The lowest BCUT2D eigenvalue weighted by atomic mass is 9.87. The van der Waals surface area contributed by atoms with Gasteiger partial charge in [0.25, 0.3) is 0 Å². The van der Waals surface area contributed by atoms with Crippen LogP contribution in [0.4, 0.5) is 0 Å². The van der Waals surface area contributed by atoms with Gasteiger partial charge in [-0.15, -0.1) is 12.4 Å². The van der Waals surface area contributed by atoms with Crippen LogP contribution < -0.4 is 5.32 Å². The molecule has 2 atom stereocenters. The summed E-state index contributed by atoms with van der Waals surface area (Å²) in [4.78, 5) is 2.62. The Balaban J connectivity index is 0.00000147. The molecule has 0 radical (unpaired) electrons. The number of halogens is 1. The van der Waals surface area contributed by atoms with Crippen LogP contribution in [0.2, 0.25) is 0 Å². The molecule has 1 saturated heterocycles. The van der Waals surface area contributed by atoms with E-state index >= 15 is 0 Å². The van der Waals surface area contributed by atoms with E-state index < -0.39 is 0 Å². The Kier molecular flexibility index (Phi) is 5.88. The zero-order valence-electron chi connectivity index (χ0n) is 12.5. The smallest absolute Gasteiger partial charge is 0.0136 e. The summed E-state index contributed by atoms with van der Waals surface area (Å²) in [6.07, 6.45) is 6.58. The van der Waals surface area contributed by atoms with Gasteiger partial charge in [-0.3, -0.25) is 0 Å². The fourth-order valence-electron chi connectivity index (χ4n) is 3.69. The van der Waals surface area contributed by atoms with Crippen molar-refractivity contribution in [2.24, 2.45) is 5.92 Å². The Morgan fingerprint density at radius 2 is 2.00 bits per heavy atom. The lowest BCUT2D eigenvalue weighted by molar-refractivity contribution is 0.175. The molecule has 0 spiro atoms. The van der Waals surface area contributed by atoms with E-state index in [2.05, 4.69) is 41.5 Å². The van der Waals surface area contributed by atoms with Gasteiger partial charge in [-0.25, -0.2) is 0 Å². The summed E-state index contributed by atoms with van der Waals surface area (Å²) in [6.45, 7) is 3.70. The molecule has 1 heterocycles. The minimum Gasteiger partial charge on any atom is -0.316 e. The van der Waals surface area contributed by atoms with E-state index in [0.29, 0.717) is 0 Å². The Bertz CT molecular complexity index is 415. The number of aryl methyl sites for hydroxylation is 1. The molecule has 0 bridgehead atoms. The van der Waals surface area contributed by atoms with Gasteiger partial charge in [0.2, 0.25) is 0 Å². The van der Waals surface area contributed by atoms with Gasteiger partial charge >= 0.3 is 0 Å². The van der Waals surface area contributed by atoms with Gasteiger partial charge in [-0.05, 0) is 69.3 Å². The average molecular weight is 295 g/mol. The van der Waals surface area contributed by atoms with E-state index in [1.54, 1.807) is 11.1 Å². The maximum absolute atomic E-state index is 3.53. The molecule has 112 valence electrons. The van der Waals surface area contributed by atoms with Crippen LogP contribution in [-0.4, -0.2) is 37.6 Å². The topological polar surface area (TPSA) is 15.3 Å². The second kappa shape index (κ2) is 7.44. The van der Waals surface area contributed by atoms with Crippen LogP contribution in [0.3, 0.4) is 0 Å². The molecule has 1 aliphatic carbocycles. The predicted octanol–water partition coefficient (Wildman–Crippen LogP) is 2.90. The fourth-order valence-corrected chi connectivity index (χ4v) is 3.69. The number of nitrogens with zero attached hydrogens (tertiary/aromatic N) is 1. The summed E-state index contributed by atoms with van der Waals surface area (Å²) in [5, 5.41) is 3.53. The second-order valence-corrected chi connectivity index (χ2v) is 6.32. The highest BCUT2D eigenvalue weighted by Crippen LogP contribution is 2.24. The van der Waals surface area contributed by atoms with Gasteiger partial charge in [0, 0.05) is 12.6 Å². The summed E-state index contributed by atoms with van der Waals surface area (Å²) in [6, 6.07) is 9.73. The van der Waals surface area contributed by atoms with Crippen molar-refractivity contribution in [2.45, 2.75) is 38.1 Å². The molecule has 1 aromatic carbocycles. The molecule has 0 aromatic heterocycles. The van der Waals surface area contributed by atoms with Crippen molar-refractivity contribution in [3.63, 3.8) is 0 Å². The van der Waals surface area contributed by atoms with E-state index in [1.807, 2.05) is 0 Å². The molecule has 1 N–H and O–H groups in total. The molecular formula is C17H27ClN2. The van der Waals surface area contributed by atoms with Gasteiger partial charge in [0.05, 0.1) is 0 Å². The SMILES string of the molecule is CN(CC1CCCNC1)C1CCc2ccccc2C1.Cl. The quantitative estimate of drug-likeness (QED) is 0.922. The number of hydrogen-bond acceptors (Lipinski definition) is 2. The molecule has 3 heteroatoms. The number of piperidine rings is 1. The van der Waals surface area contributed by atoms with Crippen LogP contribution >= 0.6 is 12.4 Å². The summed E-state index contributed by atoms with van der Waals surface area (Å²) in [5.41, 5.74) is 3.15. The van der Waals surface area contributed by atoms with Crippen LogP contribution in [0.1, 0.15) is 30.4 Å². The van der Waals surface area contributed by atoms with Crippen molar-refractivity contribution in [3.05, 3.63) is 35.4 Å². The number of likely N-dealkylation sites (N-methyl/N-ethyl adjacent to an activating group) is 1. The average Bonchev–Trinajstić information content (AvgIpc) is 2.48. The van der Waals surface area contributed by atoms with Gasteiger partial charge in [-0.1, -0.05) is 24.3 Å². The van der Waals surface area contributed by atoms with Crippen molar-refractivity contribution in [3.8, 4) is 0 Å². The highest BCUT2D eigenvalue weighted by Gasteiger charge is 2.24. The van der Waals surface area contributed by atoms with Gasteiger partial charge in [0.15, 0.2) is 0 Å². The first kappa shape index (κ1) is 15.8. The first-order chi connectivity index (χ1) is 9.33. The van der Waals surface area contributed by atoms with E-state index in [4.69, 9.17) is 0 Å². The second-order valence-electron chi connectivity index (χ2n) is 6.32. The Hall–Kier alpha value is -0.570. The molecule has 3 rings (SSSR count). The third kappa shape index (κ3) is 3.75. The Morgan fingerprint density at radius 1 is 1.20 bits per heavy atom. The number of benzene rings is 1. The number of nitrogens with one attached hydrogen (secondary N) is 1. The van der Waals surface area contributed by atoms with Crippen LogP contribution in [0.25, 0.3) is 0 Å². The molecule has 1 fully saturated rings.